The van der Waals surface area contributed by atoms with Crippen LogP contribution in [0.3, 0.4) is 0 Å². The zero-order valence-corrected chi connectivity index (χ0v) is 7.93. The Bertz CT molecular complexity index is 236. The molecule has 1 aromatic rings. The standard InChI is InChI=1S/C7H12ClN3O/c1-3-4-9-7-11-10-6(12-7)5(2)8/h5H,3-4H2,1-2H3,(H,9,11). The maximum Gasteiger partial charge on any atom is 0.315 e. The Morgan fingerprint density at radius 2 is 2.33 bits per heavy atom. The smallest absolute Gasteiger partial charge is 0.315 e. The van der Waals surface area contributed by atoms with E-state index in [1.165, 1.54) is 0 Å². The Balaban J connectivity index is 2.52. The summed E-state index contributed by atoms with van der Waals surface area (Å²) in [5, 5.41) is 10.3. The lowest BCUT2D eigenvalue weighted by Crippen LogP contribution is -1.99. The summed E-state index contributed by atoms with van der Waals surface area (Å²) in [6, 6.07) is 0.444. The van der Waals surface area contributed by atoms with Crippen LogP contribution in [-0.4, -0.2) is 16.7 Å². The van der Waals surface area contributed by atoms with E-state index in [0.29, 0.717) is 11.9 Å². The van der Waals surface area contributed by atoms with E-state index in [1.54, 1.807) is 6.92 Å². The topological polar surface area (TPSA) is 51.0 Å². The van der Waals surface area contributed by atoms with Crippen molar-refractivity contribution in [2.24, 2.45) is 0 Å². The Hall–Kier alpha value is -0.770. The number of nitrogens with zero attached hydrogens (tertiary/aromatic N) is 2. The van der Waals surface area contributed by atoms with Crippen molar-refractivity contribution in [1.82, 2.24) is 10.2 Å². The van der Waals surface area contributed by atoms with Crippen LogP contribution in [0.2, 0.25) is 0 Å². The monoisotopic (exact) mass is 189 g/mol. The largest absolute Gasteiger partial charge is 0.407 e. The number of nitrogens with one attached hydrogen (secondary N) is 1. The summed E-state index contributed by atoms with van der Waals surface area (Å²) in [6.45, 7) is 4.69. The minimum absolute atomic E-state index is 0.227. The molecule has 1 N–H and O–H groups in total. The maximum absolute atomic E-state index is 5.73. The summed E-state index contributed by atoms with van der Waals surface area (Å²) in [5.74, 6) is 0.454. The third kappa shape index (κ3) is 2.37. The van der Waals surface area contributed by atoms with Gasteiger partial charge in [0, 0.05) is 6.54 Å². The van der Waals surface area contributed by atoms with Crippen LogP contribution in [0.4, 0.5) is 6.01 Å². The molecule has 0 aromatic carbocycles. The quantitative estimate of drug-likeness (QED) is 0.738. The van der Waals surface area contributed by atoms with Crippen molar-refractivity contribution in [3.05, 3.63) is 5.89 Å². The van der Waals surface area contributed by atoms with Gasteiger partial charge in [0.15, 0.2) is 0 Å². The van der Waals surface area contributed by atoms with E-state index in [9.17, 15) is 0 Å². The summed E-state index contributed by atoms with van der Waals surface area (Å²) < 4.78 is 5.18. The van der Waals surface area contributed by atoms with E-state index < -0.39 is 0 Å². The van der Waals surface area contributed by atoms with Gasteiger partial charge in [0.2, 0.25) is 5.89 Å². The van der Waals surface area contributed by atoms with Crippen molar-refractivity contribution in [3.8, 4) is 0 Å². The first-order chi connectivity index (χ1) is 5.74. The summed E-state index contributed by atoms with van der Waals surface area (Å²) in [7, 11) is 0. The molecular formula is C7H12ClN3O. The summed E-state index contributed by atoms with van der Waals surface area (Å²) >= 11 is 5.73. The van der Waals surface area contributed by atoms with E-state index in [1.807, 2.05) is 0 Å². The lowest BCUT2D eigenvalue weighted by atomic mass is 10.5. The van der Waals surface area contributed by atoms with E-state index in [4.69, 9.17) is 16.0 Å². The van der Waals surface area contributed by atoms with Gasteiger partial charge in [0.25, 0.3) is 0 Å². The number of hydrogen-bond acceptors (Lipinski definition) is 4. The SMILES string of the molecule is CCCNc1nnc(C(C)Cl)o1. The molecule has 1 unspecified atom stereocenters. The molecule has 68 valence electrons. The Kier molecular flexibility index (Phi) is 3.34. The fourth-order valence-corrected chi connectivity index (χ4v) is 0.787. The highest BCUT2D eigenvalue weighted by atomic mass is 35.5. The summed E-state index contributed by atoms with van der Waals surface area (Å²) in [4.78, 5) is 0. The van der Waals surface area contributed by atoms with Gasteiger partial charge < -0.3 is 9.73 Å². The molecule has 5 heteroatoms. The van der Waals surface area contributed by atoms with Gasteiger partial charge in [0.05, 0.1) is 0 Å². The minimum Gasteiger partial charge on any atom is -0.407 e. The molecule has 1 aromatic heterocycles. The van der Waals surface area contributed by atoms with Crippen molar-refractivity contribution in [2.45, 2.75) is 25.6 Å². The van der Waals surface area contributed by atoms with Crippen LogP contribution in [0.25, 0.3) is 0 Å². The molecule has 0 spiro atoms. The van der Waals surface area contributed by atoms with Crippen LogP contribution in [0.15, 0.2) is 4.42 Å². The van der Waals surface area contributed by atoms with Gasteiger partial charge in [-0.05, 0) is 13.3 Å². The van der Waals surface area contributed by atoms with Gasteiger partial charge in [-0.2, -0.15) is 0 Å². The van der Waals surface area contributed by atoms with Crippen LogP contribution >= 0.6 is 11.6 Å². The van der Waals surface area contributed by atoms with Gasteiger partial charge in [0.1, 0.15) is 5.38 Å². The van der Waals surface area contributed by atoms with E-state index in [-0.39, 0.29) is 5.38 Å². The molecule has 0 saturated heterocycles. The molecule has 0 aliphatic carbocycles. The van der Waals surface area contributed by atoms with Crippen molar-refractivity contribution < 1.29 is 4.42 Å². The zero-order chi connectivity index (χ0) is 8.97. The third-order valence-corrected chi connectivity index (χ3v) is 1.49. The van der Waals surface area contributed by atoms with Crippen molar-refractivity contribution in [3.63, 3.8) is 0 Å². The van der Waals surface area contributed by atoms with Gasteiger partial charge in [-0.15, -0.1) is 16.7 Å². The van der Waals surface area contributed by atoms with Crippen LogP contribution in [0.5, 0.6) is 0 Å². The predicted octanol–water partition coefficient (Wildman–Crippen LogP) is 2.19. The van der Waals surface area contributed by atoms with Crippen molar-refractivity contribution in [2.75, 3.05) is 11.9 Å². The van der Waals surface area contributed by atoms with E-state index in [2.05, 4.69) is 22.4 Å². The first-order valence-corrected chi connectivity index (χ1v) is 4.39. The van der Waals surface area contributed by atoms with Crippen LogP contribution in [0.1, 0.15) is 31.5 Å². The van der Waals surface area contributed by atoms with Gasteiger partial charge in [-0.3, -0.25) is 0 Å². The minimum atomic E-state index is -0.227. The Morgan fingerprint density at radius 3 is 2.83 bits per heavy atom. The normalized spacial score (nSPS) is 12.9. The number of hydrogen-bond donors (Lipinski definition) is 1. The average Bonchev–Trinajstić information content (AvgIpc) is 2.48. The average molecular weight is 190 g/mol. The summed E-state index contributed by atoms with van der Waals surface area (Å²) in [5.41, 5.74) is 0. The molecule has 1 heterocycles. The fraction of sp³-hybridized carbons (Fsp3) is 0.714. The molecule has 0 bridgehead atoms. The Labute approximate surface area is 76.3 Å². The molecule has 1 rings (SSSR count). The van der Waals surface area contributed by atoms with Crippen LogP contribution in [-0.2, 0) is 0 Å². The van der Waals surface area contributed by atoms with Crippen LogP contribution < -0.4 is 5.32 Å². The Morgan fingerprint density at radius 1 is 1.58 bits per heavy atom. The molecule has 0 aliphatic rings. The first kappa shape index (κ1) is 9.32. The van der Waals surface area contributed by atoms with Gasteiger partial charge in [-0.1, -0.05) is 12.0 Å². The number of aromatic nitrogens is 2. The van der Waals surface area contributed by atoms with E-state index in [0.717, 1.165) is 13.0 Å². The van der Waals surface area contributed by atoms with Crippen molar-refractivity contribution >= 4 is 17.6 Å². The fourth-order valence-electron chi connectivity index (χ4n) is 0.699. The molecule has 0 fully saturated rings. The number of rotatable bonds is 4. The second kappa shape index (κ2) is 4.30. The molecule has 12 heavy (non-hydrogen) atoms. The molecule has 0 saturated carbocycles. The predicted molar refractivity (Wildman–Crippen MR) is 47.3 cm³/mol. The second-order valence-corrected chi connectivity index (χ2v) is 3.14. The first-order valence-electron chi connectivity index (χ1n) is 3.95. The highest BCUT2D eigenvalue weighted by molar-refractivity contribution is 6.20. The molecule has 0 amide bonds. The highest BCUT2D eigenvalue weighted by Gasteiger charge is 2.09. The molecule has 0 radical (unpaired) electrons. The highest BCUT2D eigenvalue weighted by Crippen LogP contribution is 2.18. The number of anilines is 1. The number of alkyl halides is 1. The maximum atomic E-state index is 5.73. The van der Waals surface area contributed by atoms with Crippen LogP contribution in [0, 0.1) is 0 Å². The zero-order valence-electron chi connectivity index (χ0n) is 7.17. The van der Waals surface area contributed by atoms with E-state index >= 15 is 0 Å². The second-order valence-electron chi connectivity index (χ2n) is 2.49. The van der Waals surface area contributed by atoms with Gasteiger partial charge in [-0.25, -0.2) is 0 Å². The third-order valence-electron chi connectivity index (χ3n) is 1.31. The number of halogens is 1. The summed E-state index contributed by atoms with van der Waals surface area (Å²) in [6.07, 6.45) is 1.02. The molecule has 0 aliphatic heterocycles. The molecular weight excluding hydrogens is 178 g/mol. The van der Waals surface area contributed by atoms with Gasteiger partial charge >= 0.3 is 6.01 Å². The molecule has 1 atom stereocenters. The lowest BCUT2D eigenvalue weighted by Gasteiger charge is -1.95. The molecule has 4 nitrogen and oxygen atoms in total. The van der Waals surface area contributed by atoms with Crippen molar-refractivity contribution in [1.29, 1.82) is 0 Å². The lowest BCUT2D eigenvalue weighted by molar-refractivity contribution is 0.505.